The molecule has 0 bridgehead atoms. The zero-order valence-corrected chi connectivity index (χ0v) is 12.7. The second-order valence-corrected chi connectivity index (χ2v) is 5.81. The van der Waals surface area contributed by atoms with Gasteiger partial charge in [0.2, 0.25) is 0 Å². The molecule has 0 aromatic heterocycles. The highest BCUT2D eigenvalue weighted by atomic mass is 35.5. The molecule has 1 aromatic carbocycles. The molecule has 110 valence electrons. The summed E-state index contributed by atoms with van der Waals surface area (Å²) in [5.74, 6) is -0.205. The van der Waals surface area contributed by atoms with E-state index in [1.165, 1.54) is 0 Å². The molecule has 0 spiro atoms. The molecule has 0 aliphatic heterocycles. The van der Waals surface area contributed by atoms with Crippen LogP contribution in [0.1, 0.15) is 19.8 Å². The molecule has 1 atom stereocenters. The maximum Gasteiger partial charge on any atom is 0.320 e. The van der Waals surface area contributed by atoms with Crippen LogP contribution in [0.15, 0.2) is 18.2 Å². The Labute approximate surface area is 128 Å². The summed E-state index contributed by atoms with van der Waals surface area (Å²) in [5, 5.41) is 10.1. The summed E-state index contributed by atoms with van der Waals surface area (Å²) in [4.78, 5) is 13.0. The van der Waals surface area contributed by atoms with E-state index in [0.29, 0.717) is 35.0 Å². The number of hydrogen-bond donors (Lipinski definition) is 1. The third-order valence-corrected chi connectivity index (χ3v) is 3.76. The van der Waals surface area contributed by atoms with E-state index in [1.807, 2.05) is 4.90 Å². The van der Waals surface area contributed by atoms with Crippen molar-refractivity contribution < 1.29 is 14.6 Å². The molecule has 6 heteroatoms. The summed E-state index contributed by atoms with van der Waals surface area (Å²) in [6, 6.07) is 4.89. The summed E-state index contributed by atoms with van der Waals surface area (Å²) in [6.45, 7) is 2.68. The molecule has 20 heavy (non-hydrogen) atoms. The Balaban J connectivity index is 1.88. The van der Waals surface area contributed by atoms with Crippen LogP contribution in [0.2, 0.25) is 10.0 Å². The molecule has 1 saturated carbocycles. The molecule has 0 heterocycles. The smallest absolute Gasteiger partial charge is 0.320 e. The van der Waals surface area contributed by atoms with Crippen LogP contribution in [0.4, 0.5) is 0 Å². The van der Waals surface area contributed by atoms with Gasteiger partial charge in [-0.2, -0.15) is 0 Å². The van der Waals surface area contributed by atoms with E-state index >= 15 is 0 Å². The fraction of sp³-hybridized carbons (Fsp3) is 0.500. The van der Waals surface area contributed by atoms with Crippen LogP contribution in [-0.4, -0.2) is 41.2 Å². The van der Waals surface area contributed by atoms with Gasteiger partial charge in [-0.25, -0.2) is 0 Å². The lowest BCUT2D eigenvalue weighted by Crippen LogP contribution is -2.42. The fourth-order valence-corrected chi connectivity index (χ4v) is 2.63. The van der Waals surface area contributed by atoms with E-state index in [9.17, 15) is 4.79 Å². The molecule has 4 nitrogen and oxygen atoms in total. The number of nitrogens with zero attached hydrogens (tertiary/aromatic N) is 1. The topological polar surface area (TPSA) is 49.8 Å². The number of benzene rings is 1. The van der Waals surface area contributed by atoms with Crippen LogP contribution >= 0.6 is 23.2 Å². The van der Waals surface area contributed by atoms with Crippen LogP contribution in [-0.2, 0) is 4.79 Å². The van der Waals surface area contributed by atoms with Gasteiger partial charge in [-0.05, 0) is 38.0 Å². The lowest BCUT2D eigenvalue weighted by Gasteiger charge is -2.25. The third kappa shape index (κ3) is 4.27. The molecule has 2 rings (SSSR count). The SMILES string of the molecule is CC(C(=O)O)N(CCOc1cc(Cl)cc(Cl)c1)C1CC1. The zero-order valence-electron chi connectivity index (χ0n) is 11.2. The molecular formula is C14H17Cl2NO3. The van der Waals surface area contributed by atoms with Gasteiger partial charge in [-0.1, -0.05) is 23.2 Å². The van der Waals surface area contributed by atoms with Gasteiger partial charge in [0, 0.05) is 22.6 Å². The first-order chi connectivity index (χ1) is 9.47. The largest absolute Gasteiger partial charge is 0.492 e. The van der Waals surface area contributed by atoms with Gasteiger partial charge >= 0.3 is 5.97 Å². The third-order valence-electron chi connectivity index (χ3n) is 3.33. The van der Waals surface area contributed by atoms with Crippen molar-refractivity contribution in [1.82, 2.24) is 4.90 Å². The summed E-state index contributed by atoms with van der Waals surface area (Å²) < 4.78 is 5.60. The zero-order chi connectivity index (χ0) is 14.7. The van der Waals surface area contributed by atoms with Crippen LogP contribution in [0, 0.1) is 0 Å². The van der Waals surface area contributed by atoms with Gasteiger partial charge in [0.25, 0.3) is 0 Å². The highest BCUT2D eigenvalue weighted by Crippen LogP contribution is 2.29. The molecule has 0 radical (unpaired) electrons. The Morgan fingerprint density at radius 2 is 2.00 bits per heavy atom. The number of hydrogen-bond acceptors (Lipinski definition) is 3. The summed E-state index contributed by atoms with van der Waals surface area (Å²) >= 11 is 11.8. The Morgan fingerprint density at radius 1 is 1.40 bits per heavy atom. The average molecular weight is 318 g/mol. The highest BCUT2D eigenvalue weighted by molar-refractivity contribution is 6.34. The number of rotatable bonds is 7. The van der Waals surface area contributed by atoms with Crippen molar-refractivity contribution in [2.75, 3.05) is 13.2 Å². The lowest BCUT2D eigenvalue weighted by atomic mass is 10.2. The number of aliphatic carboxylic acids is 1. The first kappa shape index (κ1) is 15.4. The second-order valence-electron chi connectivity index (χ2n) is 4.94. The highest BCUT2D eigenvalue weighted by Gasteiger charge is 2.34. The molecule has 1 aromatic rings. The van der Waals surface area contributed by atoms with E-state index in [-0.39, 0.29) is 0 Å². The molecule has 1 unspecified atom stereocenters. The minimum atomic E-state index is -0.803. The molecule has 1 aliphatic rings. The van der Waals surface area contributed by atoms with Gasteiger partial charge in [0.05, 0.1) is 0 Å². The van der Waals surface area contributed by atoms with Gasteiger partial charge in [0.15, 0.2) is 0 Å². The first-order valence-corrected chi connectivity index (χ1v) is 7.30. The second kappa shape index (κ2) is 6.66. The lowest BCUT2D eigenvalue weighted by molar-refractivity contribution is -0.143. The number of halogens is 2. The van der Waals surface area contributed by atoms with Crippen molar-refractivity contribution in [3.05, 3.63) is 28.2 Å². The quantitative estimate of drug-likeness (QED) is 0.838. The van der Waals surface area contributed by atoms with E-state index in [2.05, 4.69) is 0 Å². The van der Waals surface area contributed by atoms with Crippen LogP contribution in [0.3, 0.4) is 0 Å². The minimum Gasteiger partial charge on any atom is -0.492 e. The molecule has 0 saturated heterocycles. The monoisotopic (exact) mass is 317 g/mol. The predicted octanol–water partition coefficient (Wildman–Crippen LogP) is 3.31. The van der Waals surface area contributed by atoms with Gasteiger partial charge in [0.1, 0.15) is 18.4 Å². The van der Waals surface area contributed by atoms with Crippen LogP contribution < -0.4 is 4.74 Å². The van der Waals surface area contributed by atoms with Crippen molar-refractivity contribution in [2.24, 2.45) is 0 Å². The standard InChI is InChI=1S/C14H17Cl2NO3/c1-9(14(18)19)17(12-2-3-12)4-5-20-13-7-10(15)6-11(16)8-13/h6-9,12H,2-5H2,1H3,(H,18,19). The van der Waals surface area contributed by atoms with Crippen molar-refractivity contribution in [2.45, 2.75) is 31.8 Å². The maximum atomic E-state index is 11.1. The van der Waals surface area contributed by atoms with Crippen molar-refractivity contribution in [3.8, 4) is 5.75 Å². The Bertz CT molecular complexity index is 471. The summed E-state index contributed by atoms with van der Waals surface area (Å²) in [7, 11) is 0. The molecule has 1 fully saturated rings. The van der Waals surface area contributed by atoms with Crippen molar-refractivity contribution in [3.63, 3.8) is 0 Å². The molecule has 1 N–H and O–H groups in total. The summed E-state index contributed by atoms with van der Waals surface area (Å²) in [5.41, 5.74) is 0. The van der Waals surface area contributed by atoms with Crippen LogP contribution in [0.5, 0.6) is 5.75 Å². The van der Waals surface area contributed by atoms with Gasteiger partial charge < -0.3 is 9.84 Å². The number of carboxylic acids is 1. The predicted molar refractivity (Wildman–Crippen MR) is 78.8 cm³/mol. The molecule has 0 amide bonds. The molecule has 1 aliphatic carbocycles. The van der Waals surface area contributed by atoms with E-state index in [4.69, 9.17) is 33.0 Å². The van der Waals surface area contributed by atoms with E-state index < -0.39 is 12.0 Å². The Morgan fingerprint density at radius 3 is 2.50 bits per heavy atom. The fourth-order valence-electron chi connectivity index (χ4n) is 2.12. The van der Waals surface area contributed by atoms with E-state index in [1.54, 1.807) is 25.1 Å². The van der Waals surface area contributed by atoms with Gasteiger partial charge in [-0.15, -0.1) is 0 Å². The first-order valence-electron chi connectivity index (χ1n) is 6.55. The molecular weight excluding hydrogens is 301 g/mol. The number of carbonyl (C=O) groups is 1. The van der Waals surface area contributed by atoms with Crippen molar-refractivity contribution >= 4 is 29.2 Å². The minimum absolute atomic E-state index is 0.368. The number of carboxylic acid groups (broad SMARTS) is 1. The normalized spacial score (nSPS) is 16.2. The maximum absolute atomic E-state index is 11.1. The van der Waals surface area contributed by atoms with Gasteiger partial charge in [-0.3, -0.25) is 9.69 Å². The number of ether oxygens (including phenoxy) is 1. The average Bonchev–Trinajstić information content (AvgIpc) is 3.16. The Kier molecular flexibility index (Phi) is 5.13. The van der Waals surface area contributed by atoms with E-state index in [0.717, 1.165) is 12.8 Å². The summed E-state index contributed by atoms with van der Waals surface area (Å²) in [6.07, 6.45) is 2.11. The van der Waals surface area contributed by atoms with Crippen LogP contribution in [0.25, 0.3) is 0 Å². The Hall–Kier alpha value is -0.970. The van der Waals surface area contributed by atoms with Crippen molar-refractivity contribution in [1.29, 1.82) is 0 Å².